The highest BCUT2D eigenvalue weighted by molar-refractivity contribution is 6.29. The second kappa shape index (κ2) is 4.11. The zero-order valence-electron chi connectivity index (χ0n) is 8.05. The molecule has 14 heavy (non-hydrogen) atoms. The van der Waals surface area contributed by atoms with Gasteiger partial charge in [-0.3, -0.25) is 0 Å². The molecule has 0 saturated carbocycles. The van der Waals surface area contributed by atoms with Crippen molar-refractivity contribution in [3.8, 4) is 0 Å². The van der Waals surface area contributed by atoms with E-state index in [0.29, 0.717) is 17.1 Å². The predicted octanol–water partition coefficient (Wildman–Crippen LogP) is 1.21. The molecule has 0 spiro atoms. The van der Waals surface area contributed by atoms with Gasteiger partial charge in [-0.2, -0.15) is 0 Å². The summed E-state index contributed by atoms with van der Waals surface area (Å²) in [6, 6.07) is 2.17. The van der Waals surface area contributed by atoms with E-state index in [4.69, 9.17) is 11.6 Å². The fraction of sp³-hybridized carbons (Fsp3) is 0.556. The van der Waals surface area contributed by atoms with Gasteiger partial charge < -0.3 is 10.6 Å². The van der Waals surface area contributed by atoms with Crippen molar-refractivity contribution in [2.24, 2.45) is 0 Å². The van der Waals surface area contributed by atoms with E-state index in [1.807, 2.05) is 6.92 Å². The largest absolute Gasteiger partial charge is 0.350 e. The van der Waals surface area contributed by atoms with Crippen molar-refractivity contribution in [2.75, 3.05) is 18.4 Å². The molecule has 1 unspecified atom stereocenters. The summed E-state index contributed by atoms with van der Waals surface area (Å²) in [5.41, 5.74) is 0.887. The van der Waals surface area contributed by atoms with E-state index in [1.165, 1.54) is 0 Å². The van der Waals surface area contributed by atoms with E-state index in [1.54, 1.807) is 6.07 Å². The van der Waals surface area contributed by atoms with E-state index < -0.39 is 0 Å². The Balaban J connectivity index is 2.07. The maximum absolute atomic E-state index is 5.83. The van der Waals surface area contributed by atoms with Crippen LogP contribution in [0.2, 0.25) is 5.15 Å². The fourth-order valence-electron chi connectivity index (χ4n) is 1.56. The Morgan fingerprint density at radius 2 is 2.43 bits per heavy atom. The number of nitrogens with zero attached hydrogens (tertiary/aromatic N) is 2. The Labute approximate surface area is 88.1 Å². The SMILES string of the molecule is Cc1cc(Cl)nc(NC2CCNC2)n1. The van der Waals surface area contributed by atoms with Crippen LogP contribution in [0.5, 0.6) is 0 Å². The molecule has 2 heterocycles. The minimum atomic E-state index is 0.424. The summed E-state index contributed by atoms with van der Waals surface area (Å²) in [7, 11) is 0. The third-order valence-electron chi connectivity index (χ3n) is 2.22. The Morgan fingerprint density at radius 3 is 3.07 bits per heavy atom. The van der Waals surface area contributed by atoms with E-state index in [9.17, 15) is 0 Å². The molecule has 1 fully saturated rings. The molecule has 4 nitrogen and oxygen atoms in total. The van der Waals surface area contributed by atoms with Gasteiger partial charge in [0.2, 0.25) is 5.95 Å². The van der Waals surface area contributed by atoms with Crippen LogP contribution in [0.15, 0.2) is 6.07 Å². The normalized spacial score (nSPS) is 21.1. The fourth-order valence-corrected chi connectivity index (χ4v) is 1.79. The lowest BCUT2D eigenvalue weighted by Crippen LogP contribution is -2.23. The molecule has 0 radical (unpaired) electrons. The lowest BCUT2D eigenvalue weighted by Gasteiger charge is -2.11. The number of aromatic nitrogens is 2. The van der Waals surface area contributed by atoms with Crippen LogP contribution < -0.4 is 10.6 Å². The van der Waals surface area contributed by atoms with Gasteiger partial charge in [-0.25, -0.2) is 9.97 Å². The second-order valence-corrected chi connectivity index (χ2v) is 3.88. The van der Waals surface area contributed by atoms with Gasteiger partial charge in [0.15, 0.2) is 0 Å². The first-order valence-corrected chi connectivity index (χ1v) is 5.10. The molecule has 0 aliphatic carbocycles. The first-order chi connectivity index (χ1) is 6.74. The molecule has 5 heteroatoms. The first-order valence-electron chi connectivity index (χ1n) is 4.72. The molecule has 1 aromatic rings. The van der Waals surface area contributed by atoms with Crippen molar-refractivity contribution in [2.45, 2.75) is 19.4 Å². The van der Waals surface area contributed by atoms with Gasteiger partial charge in [-0.1, -0.05) is 11.6 Å². The molecule has 2 N–H and O–H groups in total. The number of halogens is 1. The van der Waals surface area contributed by atoms with Gasteiger partial charge in [0.25, 0.3) is 0 Å². The Bertz CT molecular complexity index is 302. The summed E-state index contributed by atoms with van der Waals surface area (Å²) < 4.78 is 0. The molecule has 1 atom stereocenters. The van der Waals surface area contributed by atoms with Crippen molar-refractivity contribution in [3.63, 3.8) is 0 Å². The molecular formula is C9H13ClN4. The third-order valence-corrected chi connectivity index (χ3v) is 2.41. The topological polar surface area (TPSA) is 49.8 Å². The molecule has 0 bridgehead atoms. The van der Waals surface area contributed by atoms with Crippen LogP contribution in [-0.4, -0.2) is 29.1 Å². The first kappa shape index (κ1) is 9.68. The highest BCUT2D eigenvalue weighted by atomic mass is 35.5. The number of aryl methyl sites for hydroxylation is 1. The monoisotopic (exact) mass is 212 g/mol. The zero-order valence-corrected chi connectivity index (χ0v) is 8.80. The molecule has 2 rings (SSSR count). The second-order valence-electron chi connectivity index (χ2n) is 3.49. The third kappa shape index (κ3) is 2.33. The molecule has 76 valence electrons. The van der Waals surface area contributed by atoms with E-state index >= 15 is 0 Å². The van der Waals surface area contributed by atoms with Gasteiger partial charge in [-0.15, -0.1) is 0 Å². The van der Waals surface area contributed by atoms with Gasteiger partial charge in [0.1, 0.15) is 5.15 Å². The summed E-state index contributed by atoms with van der Waals surface area (Å²) in [4.78, 5) is 8.38. The molecule has 0 aromatic carbocycles. The number of rotatable bonds is 2. The van der Waals surface area contributed by atoms with E-state index in [2.05, 4.69) is 20.6 Å². The van der Waals surface area contributed by atoms with Crippen LogP contribution in [0.1, 0.15) is 12.1 Å². The molecule has 0 amide bonds. The van der Waals surface area contributed by atoms with Crippen LogP contribution >= 0.6 is 11.6 Å². The van der Waals surface area contributed by atoms with Gasteiger partial charge in [-0.05, 0) is 26.0 Å². The highest BCUT2D eigenvalue weighted by Crippen LogP contribution is 2.11. The van der Waals surface area contributed by atoms with Crippen molar-refractivity contribution >= 4 is 17.5 Å². The molecule has 1 saturated heterocycles. The van der Waals surface area contributed by atoms with Crippen molar-refractivity contribution in [1.29, 1.82) is 0 Å². The lowest BCUT2D eigenvalue weighted by molar-refractivity contribution is 0.779. The summed E-state index contributed by atoms with van der Waals surface area (Å²) in [5, 5.41) is 7.02. The standard InChI is InChI=1S/C9H13ClN4/c1-6-4-8(10)14-9(12-6)13-7-2-3-11-5-7/h4,7,11H,2-3,5H2,1H3,(H,12,13,14). The number of hydrogen-bond donors (Lipinski definition) is 2. The molecule has 1 aromatic heterocycles. The number of hydrogen-bond acceptors (Lipinski definition) is 4. The van der Waals surface area contributed by atoms with Gasteiger partial charge >= 0.3 is 0 Å². The average Bonchev–Trinajstić information content (AvgIpc) is 2.54. The Hall–Kier alpha value is -0.870. The smallest absolute Gasteiger partial charge is 0.224 e. The minimum Gasteiger partial charge on any atom is -0.350 e. The minimum absolute atomic E-state index is 0.424. The number of anilines is 1. The molecule has 1 aliphatic heterocycles. The van der Waals surface area contributed by atoms with Crippen LogP contribution in [0.3, 0.4) is 0 Å². The predicted molar refractivity (Wildman–Crippen MR) is 56.7 cm³/mol. The number of nitrogens with one attached hydrogen (secondary N) is 2. The van der Waals surface area contributed by atoms with Crippen LogP contribution in [0, 0.1) is 6.92 Å². The Morgan fingerprint density at radius 1 is 1.57 bits per heavy atom. The summed E-state index contributed by atoms with van der Waals surface area (Å²) >= 11 is 5.83. The van der Waals surface area contributed by atoms with Crippen molar-refractivity contribution in [3.05, 3.63) is 16.9 Å². The molecule has 1 aliphatic rings. The lowest BCUT2D eigenvalue weighted by atomic mass is 10.3. The average molecular weight is 213 g/mol. The quantitative estimate of drug-likeness (QED) is 0.724. The molecular weight excluding hydrogens is 200 g/mol. The van der Waals surface area contributed by atoms with Gasteiger partial charge in [0, 0.05) is 18.3 Å². The highest BCUT2D eigenvalue weighted by Gasteiger charge is 2.15. The zero-order chi connectivity index (χ0) is 9.97. The Kier molecular flexibility index (Phi) is 2.84. The van der Waals surface area contributed by atoms with Crippen molar-refractivity contribution < 1.29 is 0 Å². The summed E-state index contributed by atoms with van der Waals surface area (Å²) in [5.74, 6) is 0.628. The summed E-state index contributed by atoms with van der Waals surface area (Å²) in [6.45, 7) is 3.93. The summed E-state index contributed by atoms with van der Waals surface area (Å²) in [6.07, 6.45) is 1.11. The van der Waals surface area contributed by atoms with Crippen LogP contribution in [0.4, 0.5) is 5.95 Å². The van der Waals surface area contributed by atoms with Gasteiger partial charge in [0.05, 0.1) is 0 Å². The van der Waals surface area contributed by atoms with Crippen LogP contribution in [-0.2, 0) is 0 Å². The maximum atomic E-state index is 5.83. The maximum Gasteiger partial charge on any atom is 0.224 e. The van der Waals surface area contributed by atoms with E-state index in [0.717, 1.165) is 25.2 Å². The van der Waals surface area contributed by atoms with E-state index in [-0.39, 0.29) is 0 Å². The van der Waals surface area contributed by atoms with Crippen LogP contribution in [0.25, 0.3) is 0 Å². The van der Waals surface area contributed by atoms with Crippen molar-refractivity contribution in [1.82, 2.24) is 15.3 Å².